The number of ether oxygens (including phenoxy) is 2. The van der Waals surface area contributed by atoms with Crippen LogP contribution in [0.25, 0.3) is 0 Å². The Bertz CT molecular complexity index is 541. The van der Waals surface area contributed by atoms with Crippen LogP contribution in [0.3, 0.4) is 0 Å². The Kier molecular flexibility index (Phi) is 7.05. The largest absolute Gasteiger partial charge is 0.381 e. The SMILES string of the molecule is CCNC(=NCCCOCC1CCOC1)NC1CCc2ncnn2C1. The van der Waals surface area contributed by atoms with Crippen molar-refractivity contribution in [3.63, 3.8) is 0 Å². The third kappa shape index (κ3) is 5.67. The summed E-state index contributed by atoms with van der Waals surface area (Å²) >= 11 is 0. The van der Waals surface area contributed by atoms with E-state index in [1.54, 1.807) is 6.33 Å². The molecule has 8 heteroatoms. The maximum Gasteiger partial charge on any atom is 0.191 e. The van der Waals surface area contributed by atoms with E-state index in [1.165, 1.54) is 0 Å². The van der Waals surface area contributed by atoms with E-state index in [4.69, 9.17) is 9.47 Å². The van der Waals surface area contributed by atoms with Gasteiger partial charge >= 0.3 is 0 Å². The highest BCUT2D eigenvalue weighted by Crippen LogP contribution is 2.12. The van der Waals surface area contributed by atoms with E-state index >= 15 is 0 Å². The summed E-state index contributed by atoms with van der Waals surface area (Å²) in [6.07, 6.45) is 5.70. The zero-order valence-corrected chi connectivity index (χ0v) is 15.1. The third-order valence-corrected chi connectivity index (χ3v) is 4.58. The molecule has 8 nitrogen and oxygen atoms in total. The summed E-state index contributed by atoms with van der Waals surface area (Å²) in [7, 11) is 0. The van der Waals surface area contributed by atoms with Crippen molar-refractivity contribution < 1.29 is 9.47 Å². The molecule has 1 saturated heterocycles. The normalized spacial score (nSPS) is 23.5. The van der Waals surface area contributed by atoms with Crippen molar-refractivity contribution in [2.75, 3.05) is 39.5 Å². The van der Waals surface area contributed by atoms with Crippen LogP contribution in [0.1, 0.15) is 32.0 Å². The van der Waals surface area contributed by atoms with E-state index < -0.39 is 0 Å². The zero-order valence-electron chi connectivity index (χ0n) is 15.1. The quantitative estimate of drug-likeness (QED) is 0.405. The highest BCUT2D eigenvalue weighted by molar-refractivity contribution is 5.80. The average molecular weight is 350 g/mol. The van der Waals surface area contributed by atoms with Gasteiger partial charge in [-0.15, -0.1) is 0 Å². The minimum absolute atomic E-state index is 0.339. The maximum atomic E-state index is 5.73. The summed E-state index contributed by atoms with van der Waals surface area (Å²) in [6, 6.07) is 0.339. The van der Waals surface area contributed by atoms with Gasteiger partial charge in [0.05, 0.1) is 19.8 Å². The number of aliphatic imine (C=N–C) groups is 1. The molecular weight excluding hydrogens is 320 g/mol. The standard InChI is InChI=1S/C17H30N6O2/c1-2-18-17(19-7-3-8-24-11-14-6-9-25-12-14)22-15-4-5-16-20-13-21-23(16)10-15/h13-15H,2-12H2,1H3,(H2,18,19,22). The van der Waals surface area contributed by atoms with Gasteiger partial charge in [-0.25, -0.2) is 9.67 Å². The van der Waals surface area contributed by atoms with Crippen LogP contribution in [0.5, 0.6) is 0 Å². The van der Waals surface area contributed by atoms with Gasteiger partial charge in [-0.3, -0.25) is 4.99 Å². The van der Waals surface area contributed by atoms with E-state index in [2.05, 4.69) is 32.6 Å². The smallest absolute Gasteiger partial charge is 0.191 e. The molecule has 0 amide bonds. The van der Waals surface area contributed by atoms with Gasteiger partial charge in [0.2, 0.25) is 0 Å². The molecule has 2 aliphatic rings. The van der Waals surface area contributed by atoms with Gasteiger partial charge in [0, 0.05) is 44.7 Å². The summed E-state index contributed by atoms with van der Waals surface area (Å²) in [6.45, 7) is 7.83. The fraction of sp³-hybridized carbons (Fsp3) is 0.824. The Hall–Kier alpha value is -1.67. The second-order valence-electron chi connectivity index (χ2n) is 6.66. The minimum atomic E-state index is 0.339. The van der Waals surface area contributed by atoms with Crippen LogP contribution in [-0.4, -0.2) is 66.3 Å². The molecule has 3 heterocycles. The van der Waals surface area contributed by atoms with E-state index in [0.29, 0.717) is 12.0 Å². The molecule has 1 aromatic rings. The third-order valence-electron chi connectivity index (χ3n) is 4.58. The molecular formula is C17H30N6O2. The Morgan fingerprint density at radius 3 is 3.28 bits per heavy atom. The van der Waals surface area contributed by atoms with Gasteiger partial charge in [0.25, 0.3) is 0 Å². The Balaban J connectivity index is 1.36. The molecule has 0 saturated carbocycles. The fourth-order valence-electron chi connectivity index (χ4n) is 3.19. The van der Waals surface area contributed by atoms with E-state index in [1.807, 2.05) is 4.68 Å². The predicted octanol–water partition coefficient (Wildman–Crippen LogP) is 0.591. The number of hydrogen-bond acceptors (Lipinski definition) is 5. The van der Waals surface area contributed by atoms with Crippen molar-refractivity contribution in [1.29, 1.82) is 0 Å². The Morgan fingerprint density at radius 2 is 2.44 bits per heavy atom. The summed E-state index contributed by atoms with van der Waals surface area (Å²) < 4.78 is 13.1. The molecule has 1 aromatic heterocycles. The number of aryl methyl sites for hydroxylation is 1. The van der Waals surface area contributed by atoms with Crippen molar-refractivity contribution in [3.05, 3.63) is 12.2 Å². The second-order valence-corrected chi connectivity index (χ2v) is 6.66. The molecule has 25 heavy (non-hydrogen) atoms. The molecule has 2 unspecified atom stereocenters. The van der Waals surface area contributed by atoms with Crippen LogP contribution in [-0.2, 0) is 22.4 Å². The molecule has 140 valence electrons. The number of fused-ring (bicyclic) bond motifs is 1. The lowest BCUT2D eigenvalue weighted by Gasteiger charge is -2.25. The van der Waals surface area contributed by atoms with E-state index in [9.17, 15) is 0 Å². The van der Waals surface area contributed by atoms with Gasteiger partial charge < -0.3 is 20.1 Å². The molecule has 2 N–H and O–H groups in total. The number of nitrogens with one attached hydrogen (secondary N) is 2. The van der Waals surface area contributed by atoms with Crippen molar-refractivity contribution in [2.45, 2.75) is 45.2 Å². The number of hydrogen-bond donors (Lipinski definition) is 2. The first-order chi connectivity index (χ1) is 12.3. The molecule has 2 atom stereocenters. The molecule has 0 aliphatic carbocycles. The number of rotatable bonds is 8. The topological polar surface area (TPSA) is 85.6 Å². The molecule has 0 spiro atoms. The van der Waals surface area contributed by atoms with Gasteiger partial charge in [0.15, 0.2) is 5.96 Å². The lowest BCUT2D eigenvalue weighted by Crippen LogP contribution is -2.47. The van der Waals surface area contributed by atoms with Crippen molar-refractivity contribution in [2.24, 2.45) is 10.9 Å². The van der Waals surface area contributed by atoms with Crippen molar-refractivity contribution in [1.82, 2.24) is 25.4 Å². The Morgan fingerprint density at radius 1 is 1.48 bits per heavy atom. The molecule has 1 fully saturated rings. The maximum absolute atomic E-state index is 5.73. The van der Waals surface area contributed by atoms with Gasteiger partial charge in [-0.2, -0.15) is 5.10 Å². The van der Waals surface area contributed by atoms with Crippen LogP contribution in [0, 0.1) is 5.92 Å². The lowest BCUT2D eigenvalue weighted by molar-refractivity contribution is 0.0893. The second kappa shape index (κ2) is 9.72. The predicted molar refractivity (Wildman–Crippen MR) is 95.6 cm³/mol. The minimum Gasteiger partial charge on any atom is -0.381 e. The zero-order chi connectivity index (χ0) is 17.3. The molecule has 0 bridgehead atoms. The first kappa shape index (κ1) is 18.1. The van der Waals surface area contributed by atoms with Crippen LogP contribution in [0.2, 0.25) is 0 Å². The summed E-state index contributed by atoms with van der Waals surface area (Å²) in [4.78, 5) is 8.93. The molecule has 0 radical (unpaired) electrons. The highest BCUT2D eigenvalue weighted by Gasteiger charge is 2.20. The van der Waals surface area contributed by atoms with Gasteiger partial charge in [0.1, 0.15) is 12.2 Å². The van der Waals surface area contributed by atoms with Crippen LogP contribution in [0.15, 0.2) is 11.3 Å². The van der Waals surface area contributed by atoms with Gasteiger partial charge in [-0.1, -0.05) is 0 Å². The number of guanidine groups is 1. The number of nitrogens with zero attached hydrogens (tertiary/aromatic N) is 4. The van der Waals surface area contributed by atoms with E-state index in [0.717, 1.165) is 83.5 Å². The van der Waals surface area contributed by atoms with Crippen molar-refractivity contribution in [3.8, 4) is 0 Å². The van der Waals surface area contributed by atoms with Crippen LogP contribution in [0.4, 0.5) is 0 Å². The Labute approximate surface area is 149 Å². The number of aromatic nitrogens is 3. The van der Waals surface area contributed by atoms with Crippen LogP contribution >= 0.6 is 0 Å². The summed E-state index contributed by atoms with van der Waals surface area (Å²) in [5.74, 6) is 2.53. The summed E-state index contributed by atoms with van der Waals surface area (Å²) in [5.41, 5.74) is 0. The first-order valence-electron chi connectivity index (χ1n) is 9.42. The van der Waals surface area contributed by atoms with Gasteiger partial charge in [-0.05, 0) is 26.2 Å². The lowest BCUT2D eigenvalue weighted by atomic mass is 10.1. The summed E-state index contributed by atoms with van der Waals surface area (Å²) in [5, 5.41) is 11.1. The molecule has 0 aromatic carbocycles. The fourth-order valence-corrected chi connectivity index (χ4v) is 3.19. The monoisotopic (exact) mass is 350 g/mol. The molecule has 3 rings (SSSR count). The van der Waals surface area contributed by atoms with Crippen molar-refractivity contribution >= 4 is 5.96 Å². The first-order valence-corrected chi connectivity index (χ1v) is 9.42. The highest BCUT2D eigenvalue weighted by atomic mass is 16.5. The van der Waals surface area contributed by atoms with E-state index in [-0.39, 0.29) is 0 Å². The van der Waals surface area contributed by atoms with Crippen LogP contribution < -0.4 is 10.6 Å². The molecule has 2 aliphatic heterocycles. The average Bonchev–Trinajstić information content (AvgIpc) is 3.29.